The van der Waals surface area contributed by atoms with Crippen LogP contribution in [-0.4, -0.2) is 28.5 Å². The van der Waals surface area contributed by atoms with Crippen LogP contribution < -0.4 is 21.9 Å². The number of hydrazine groups is 1. The highest BCUT2D eigenvalue weighted by Gasteiger charge is 2.15. The van der Waals surface area contributed by atoms with Gasteiger partial charge in [0, 0.05) is 12.1 Å². The van der Waals surface area contributed by atoms with E-state index in [2.05, 4.69) is 26.0 Å². The van der Waals surface area contributed by atoms with Crippen LogP contribution in [0, 0.1) is 12.8 Å². The molecule has 1 aromatic heterocycles. The lowest BCUT2D eigenvalue weighted by atomic mass is 10.2. The van der Waals surface area contributed by atoms with Gasteiger partial charge in [0.1, 0.15) is 24.0 Å². The maximum absolute atomic E-state index is 11.9. The molecule has 0 aliphatic rings. The number of hydrogen-bond donors (Lipinski definition) is 4. The SMILES string of the molecule is Cc1c(NN)ncnc1NC(C)C(=O)NCC(C)C. The lowest BCUT2D eigenvalue weighted by molar-refractivity contribution is -0.121. The molecule has 0 radical (unpaired) electrons. The molecule has 0 saturated heterocycles. The van der Waals surface area contributed by atoms with E-state index in [4.69, 9.17) is 5.84 Å². The topological polar surface area (TPSA) is 105 Å². The molecule has 19 heavy (non-hydrogen) atoms. The first-order valence-corrected chi connectivity index (χ1v) is 6.28. The van der Waals surface area contributed by atoms with Crippen LogP contribution >= 0.6 is 0 Å². The minimum Gasteiger partial charge on any atom is -0.358 e. The number of nitrogen functional groups attached to an aromatic ring is 1. The molecule has 0 fully saturated rings. The maximum atomic E-state index is 11.9. The predicted octanol–water partition coefficient (Wildman–Crippen LogP) is 0.643. The maximum Gasteiger partial charge on any atom is 0.242 e. The summed E-state index contributed by atoms with van der Waals surface area (Å²) in [5, 5.41) is 5.91. The highest BCUT2D eigenvalue weighted by Crippen LogP contribution is 2.17. The third-order valence-corrected chi connectivity index (χ3v) is 2.65. The molecule has 1 atom stereocenters. The van der Waals surface area contributed by atoms with Crippen LogP contribution in [0.2, 0.25) is 0 Å². The van der Waals surface area contributed by atoms with Gasteiger partial charge in [-0.1, -0.05) is 13.8 Å². The van der Waals surface area contributed by atoms with E-state index in [1.165, 1.54) is 6.33 Å². The number of hydrogen-bond acceptors (Lipinski definition) is 6. The molecule has 1 unspecified atom stereocenters. The van der Waals surface area contributed by atoms with Crippen molar-refractivity contribution in [2.45, 2.75) is 33.7 Å². The summed E-state index contributed by atoms with van der Waals surface area (Å²) in [5.74, 6) is 6.83. The number of anilines is 2. The molecule has 1 amide bonds. The Labute approximate surface area is 113 Å². The highest BCUT2D eigenvalue weighted by atomic mass is 16.2. The van der Waals surface area contributed by atoms with E-state index in [0.717, 1.165) is 5.56 Å². The summed E-state index contributed by atoms with van der Waals surface area (Å²) < 4.78 is 0. The van der Waals surface area contributed by atoms with Crippen LogP contribution in [-0.2, 0) is 4.79 Å². The Kier molecular flexibility index (Phi) is 5.50. The zero-order valence-electron chi connectivity index (χ0n) is 11.8. The van der Waals surface area contributed by atoms with Crippen molar-refractivity contribution in [1.82, 2.24) is 15.3 Å². The van der Waals surface area contributed by atoms with Gasteiger partial charge in [0.25, 0.3) is 0 Å². The van der Waals surface area contributed by atoms with Gasteiger partial charge in [-0.05, 0) is 19.8 Å². The summed E-state index contributed by atoms with van der Waals surface area (Å²) in [7, 11) is 0. The molecule has 1 rings (SSSR count). The lowest BCUT2D eigenvalue weighted by Crippen LogP contribution is -2.39. The third-order valence-electron chi connectivity index (χ3n) is 2.65. The molecule has 0 aliphatic heterocycles. The standard InChI is InChI=1S/C12H22N6O/c1-7(2)5-14-12(19)9(4)17-10-8(3)11(18-13)16-6-15-10/h6-7,9H,5,13H2,1-4H3,(H,14,19)(H2,15,16,17,18). The Morgan fingerprint density at radius 2 is 1.95 bits per heavy atom. The molecule has 0 spiro atoms. The fraction of sp³-hybridized carbons (Fsp3) is 0.583. The van der Waals surface area contributed by atoms with Gasteiger partial charge >= 0.3 is 0 Å². The number of carbonyl (C=O) groups excluding carboxylic acids is 1. The van der Waals surface area contributed by atoms with E-state index in [-0.39, 0.29) is 11.9 Å². The summed E-state index contributed by atoms with van der Waals surface area (Å²) in [6.07, 6.45) is 1.39. The van der Waals surface area contributed by atoms with Gasteiger partial charge in [0.05, 0.1) is 0 Å². The normalized spacial score (nSPS) is 12.1. The van der Waals surface area contributed by atoms with Gasteiger partial charge in [-0.15, -0.1) is 0 Å². The number of nitrogens with two attached hydrogens (primary N) is 1. The average Bonchev–Trinajstić information content (AvgIpc) is 2.38. The summed E-state index contributed by atoms with van der Waals surface area (Å²) in [6.45, 7) is 8.37. The molecule has 0 aromatic carbocycles. The van der Waals surface area contributed by atoms with Crippen molar-refractivity contribution in [3.05, 3.63) is 11.9 Å². The quantitative estimate of drug-likeness (QED) is 0.445. The van der Waals surface area contributed by atoms with Gasteiger partial charge in [0.2, 0.25) is 5.91 Å². The zero-order valence-corrected chi connectivity index (χ0v) is 11.8. The molecule has 0 aliphatic carbocycles. The number of amides is 1. The summed E-state index contributed by atoms with van der Waals surface area (Å²) in [6, 6.07) is -0.377. The molecule has 0 bridgehead atoms. The molecule has 106 valence electrons. The van der Waals surface area contributed by atoms with E-state index in [0.29, 0.717) is 24.1 Å². The fourth-order valence-electron chi connectivity index (χ4n) is 1.47. The smallest absolute Gasteiger partial charge is 0.242 e. The molecular formula is C12H22N6O. The average molecular weight is 266 g/mol. The molecular weight excluding hydrogens is 244 g/mol. The molecule has 1 heterocycles. The largest absolute Gasteiger partial charge is 0.358 e. The molecule has 7 nitrogen and oxygen atoms in total. The number of nitrogens with zero attached hydrogens (tertiary/aromatic N) is 2. The molecule has 7 heteroatoms. The van der Waals surface area contributed by atoms with Crippen LogP contribution in [0.15, 0.2) is 6.33 Å². The van der Waals surface area contributed by atoms with Crippen LogP contribution in [0.4, 0.5) is 11.6 Å². The Morgan fingerprint density at radius 3 is 2.53 bits per heavy atom. The second kappa shape index (κ2) is 6.89. The van der Waals surface area contributed by atoms with Crippen molar-refractivity contribution < 1.29 is 4.79 Å². The summed E-state index contributed by atoms with van der Waals surface area (Å²) in [4.78, 5) is 19.9. The molecule has 5 N–H and O–H groups in total. The van der Waals surface area contributed by atoms with Crippen molar-refractivity contribution >= 4 is 17.5 Å². The third kappa shape index (κ3) is 4.36. The first kappa shape index (κ1) is 15.2. The minimum absolute atomic E-state index is 0.0611. The lowest BCUT2D eigenvalue weighted by Gasteiger charge is -2.17. The summed E-state index contributed by atoms with van der Waals surface area (Å²) >= 11 is 0. The van der Waals surface area contributed by atoms with Gasteiger partial charge < -0.3 is 16.1 Å². The van der Waals surface area contributed by atoms with Crippen molar-refractivity contribution in [2.75, 3.05) is 17.3 Å². The van der Waals surface area contributed by atoms with Crippen LogP contribution in [0.1, 0.15) is 26.3 Å². The Bertz CT molecular complexity index is 434. The van der Waals surface area contributed by atoms with E-state index in [9.17, 15) is 4.79 Å². The zero-order chi connectivity index (χ0) is 14.4. The first-order valence-electron chi connectivity index (χ1n) is 6.28. The predicted molar refractivity (Wildman–Crippen MR) is 75.5 cm³/mol. The summed E-state index contributed by atoms with van der Waals surface area (Å²) in [5.41, 5.74) is 3.26. The van der Waals surface area contributed by atoms with Crippen molar-refractivity contribution in [2.24, 2.45) is 11.8 Å². The Balaban J connectivity index is 2.66. The first-order chi connectivity index (χ1) is 8.95. The van der Waals surface area contributed by atoms with Gasteiger partial charge in [-0.2, -0.15) is 0 Å². The number of nitrogens with one attached hydrogen (secondary N) is 3. The van der Waals surface area contributed by atoms with Crippen molar-refractivity contribution in [1.29, 1.82) is 0 Å². The van der Waals surface area contributed by atoms with Gasteiger partial charge in [0.15, 0.2) is 0 Å². The number of rotatable bonds is 6. The molecule has 0 saturated carbocycles. The number of aromatic nitrogens is 2. The Morgan fingerprint density at radius 1 is 1.32 bits per heavy atom. The monoisotopic (exact) mass is 266 g/mol. The van der Waals surface area contributed by atoms with E-state index >= 15 is 0 Å². The second-order valence-corrected chi connectivity index (χ2v) is 4.85. The van der Waals surface area contributed by atoms with Gasteiger partial charge in [-0.25, -0.2) is 15.8 Å². The van der Waals surface area contributed by atoms with Crippen molar-refractivity contribution in [3.63, 3.8) is 0 Å². The number of carbonyl (C=O) groups is 1. The molecule has 1 aromatic rings. The van der Waals surface area contributed by atoms with Gasteiger partial charge in [-0.3, -0.25) is 4.79 Å². The minimum atomic E-state index is -0.377. The van der Waals surface area contributed by atoms with Crippen LogP contribution in [0.25, 0.3) is 0 Å². The van der Waals surface area contributed by atoms with Crippen LogP contribution in [0.3, 0.4) is 0 Å². The van der Waals surface area contributed by atoms with E-state index < -0.39 is 0 Å². The van der Waals surface area contributed by atoms with E-state index in [1.54, 1.807) is 6.92 Å². The fourth-order valence-corrected chi connectivity index (χ4v) is 1.47. The van der Waals surface area contributed by atoms with Crippen LogP contribution in [0.5, 0.6) is 0 Å². The second-order valence-electron chi connectivity index (χ2n) is 4.85. The van der Waals surface area contributed by atoms with E-state index in [1.807, 2.05) is 20.8 Å². The van der Waals surface area contributed by atoms with Crippen molar-refractivity contribution in [3.8, 4) is 0 Å². The highest BCUT2D eigenvalue weighted by molar-refractivity contribution is 5.84. The Hall–Kier alpha value is -1.89.